The number of amides is 1. The summed E-state index contributed by atoms with van der Waals surface area (Å²) in [5, 5.41) is 11.9. The van der Waals surface area contributed by atoms with Crippen LogP contribution in [0.5, 0.6) is 0 Å². The van der Waals surface area contributed by atoms with Crippen molar-refractivity contribution in [3.8, 4) is 0 Å². The molecule has 3 heteroatoms. The van der Waals surface area contributed by atoms with Crippen molar-refractivity contribution in [3.63, 3.8) is 0 Å². The van der Waals surface area contributed by atoms with E-state index in [9.17, 15) is 4.79 Å². The van der Waals surface area contributed by atoms with Crippen LogP contribution in [0.1, 0.15) is 37.7 Å². The maximum atomic E-state index is 11.8. The van der Waals surface area contributed by atoms with Crippen LogP contribution in [0.25, 0.3) is 0 Å². The van der Waals surface area contributed by atoms with Crippen LogP contribution in [0.15, 0.2) is 30.3 Å². The third-order valence-electron chi connectivity index (χ3n) is 3.47. The molecule has 1 aromatic rings. The standard InChI is InChI=1S/C14H19NO2/c16-11-4-8-13(17)15-14(9-5-10-14)12-6-2-1-3-7-12/h1-3,6-7,16H,4-5,8-11H2,(H,15,17). The van der Waals surface area contributed by atoms with Gasteiger partial charge in [0.25, 0.3) is 0 Å². The zero-order valence-electron chi connectivity index (χ0n) is 9.98. The summed E-state index contributed by atoms with van der Waals surface area (Å²) in [6, 6.07) is 10.2. The minimum Gasteiger partial charge on any atom is -0.396 e. The van der Waals surface area contributed by atoms with Crippen LogP contribution in [-0.2, 0) is 10.3 Å². The molecule has 0 bridgehead atoms. The van der Waals surface area contributed by atoms with Gasteiger partial charge in [0.2, 0.25) is 5.91 Å². The van der Waals surface area contributed by atoms with E-state index >= 15 is 0 Å². The maximum absolute atomic E-state index is 11.8. The van der Waals surface area contributed by atoms with Crippen molar-refractivity contribution in [3.05, 3.63) is 35.9 Å². The predicted molar refractivity (Wildman–Crippen MR) is 66.4 cm³/mol. The van der Waals surface area contributed by atoms with E-state index in [4.69, 9.17) is 5.11 Å². The quantitative estimate of drug-likeness (QED) is 0.816. The molecule has 2 N–H and O–H groups in total. The predicted octanol–water partition coefficient (Wildman–Crippen LogP) is 1.95. The van der Waals surface area contributed by atoms with Gasteiger partial charge in [0.05, 0.1) is 5.54 Å². The van der Waals surface area contributed by atoms with Crippen LogP contribution in [-0.4, -0.2) is 17.6 Å². The maximum Gasteiger partial charge on any atom is 0.220 e. The summed E-state index contributed by atoms with van der Waals surface area (Å²) in [6.07, 6.45) is 4.14. The second-order valence-corrected chi connectivity index (χ2v) is 4.68. The van der Waals surface area contributed by atoms with E-state index in [-0.39, 0.29) is 18.1 Å². The van der Waals surface area contributed by atoms with Gasteiger partial charge in [-0.1, -0.05) is 30.3 Å². The number of hydrogen-bond donors (Lipinski definition) is 2. The zero-order valence-corrected chi connectivity index (χ0v) is 9.98. The van der Waals surface area contributed by atoms with Crippen molar-refractivity contribution >= 4 is 5.91 Å². The molecule has 17 heavy (non-hydrogen) atoms. The van der Waals surface area contributed by atoms with Crippen molar-refractivity contribution in [2.45, 2.75) is 37.6 Å². The number of benzene rings is 1. The van der Waals surface area contributed by atoms with Crippen molar-refractivity contribution < 1.29 is 9.90 Å². The van der Waals surface area contributed by atoms with Gasteiger partial charge >= 0.3 is 0 Å². The Hall–Kier alpha value is -1.35. The lowest BCUT2D eigenvalue weighted by molar-refractivity contribution is -0.124. The monoisotopic (exact) mass is 233 g/mol. The fourth-order valence-electron chi connectivity index (χ4n) is 2.34. The molecule has 0 saturated heterocycles. The molecule has 0 unspecified atom stereocenters. The van der Waals surface area contributed by atoms with Gasteiger partial charge < -0.3 is 10.4 Å². The summed E-state index contributed by atoms with van der Waals surface area (Å²) in [6.45, 7) is 0.0752. The number of carbonyl (C=O) groups excluding carboxylic acids is 1. The van der Waals surface area contributed by atoms with E-state index in [0.717, 1.165) is 19.3 Å². The molecule has 0 atom stereocenters. The lowest BCUT2D eigenvalue weighted by Gasteiger charge is -2.43. The van der Waals surface area contributed by atoms with Gasteiger partial charge in [-0.15, -0.1) is 0 Å². The van der Waals surface area contributed by atoms with Crippen LogP contribution >= 0.6 is 0 Å². The Morgan fingerprint density at radius 1 is 1.29 bits per heavy atom. The highest BCUT2D eigenvalue weighted by Gasteiger charge is 2.39. The second-order valence-electron chi connectivity index (χ2n) is 4.68. The first-order valence-corrected chi connectivity index (χ1v) is 6.24. The van der Waals surface area contributed by atoms with E-state index < -0.39 is 0 Å². The van der Waals surface area contributed by atoms with Crippen LogP contribution in [0.4, 0.5) is 0 Å². The fourth-order valence-corrected chi connectivity index (χ4v) is 2.34. The molecule has 0 aromatic heterocycles. The van der Waals surface area contributed by atoms with E-state index in [1.54, 1.807) is 0 Å². The molecular formula is C14H19NO2. The number of rotatable bonds is 5. The average Bonchev–Trinajstić information content (AvgIpc) is 2.32. The van der Waals surface area contributed by atoms with E-state index in [1.807, 2.05) is 18.2 Å². The van der Waals surface area contributed by atoms with Crippen LogP contribution < -0.4 is 5.32 Å². The molecule has 0 aliphatic heterocycles. The van der Waals surface area contributed by atoms with Gasteiger partial charge in [-0.25, -0.2) is 0 Å². The molecule has 1 aliphatic carbocycles. The van der Waals surface area contributed by atoms with E-state index in [1.165, 1.54) is 5.56 Å². The normalized spacial score (nSPS) is 17.2. The highest BCUT2D eigenvalue weighted by atomic mass is 16.3. The SMILES string of the molecule is O=C(CCCO)NC1(c2ccccc2)CCC1. The van der Waals surface area contributed by atoms with Gasteiger partial charge in [0, 0.05) is 13.0 Å². The number of nitrogens with one attached hydrogen (secondary N) is 1. The van der Waals surface area contributed by atoms with Crippen LogP contribution in [0.3, 0.4) is 0 Å². The number of carbonyl (C=O) groups is 1. The number of aliphatic hydroxyl groups is 1. The molecule has 2 rings (SSSR count). The average molecular weight is 233 g/mol. The summed E-state index contributed by atoms with van der Waals surface area (Å²) in [7, 11) is 0. The van der Waals surface area contributed by atoms with Gasteiger partial charge in [0.1, 0.15) is 0 Å². The Bertz CT molecular complexity index is 371. The highest BCUT2D eigenvalue weighted by molar-refractivity contribution is 5.77. The number of aliphatic hydroxyl groups excluding tert-OH is 1. The molecule has 1 aliphatic rings. The molecule has 0 heterocycles. The molecule has 0 spiro atoms. The van der Waals surface area contributed by atoms with Gasteiger partial charge in [-0.3, -0.25) is 4.79 Å². The Balaban J connectivity index is 2.03. The molecule has 0 radical (unpaired) electrons. The first kappa shape index (κ1) is 12.1. The Kier molecular flexibility index (Phi) is 3.79. The third-order valence-corrected chi connectivity index (χ3v) is 3.47. The Labute approximate surface area is 102 Å². The summed E-state index contributed by atoms with van der Waals surface area (Å²) < 4.78 is 0. The van der Waals surface area contributed by atoms with E-state index in [2.05, 4.69) is 17.4 Å². The fraction of sp³-hybridized carbons (Fsp3) is 0.500. The van der Waals surface area contributed by atoms with Gasteiger partial charge in [0.15, 0.2) is 0 Å². The summed E-state index contributed by atoms with van der Waals surface area (Å²) >= 11 is 0. The summed E-state index contributed by atoms with van der Waals surface area (Å²) in [5.41, 5.74) is 1.05. The van der Waals surface area contributed by atoms with Crippen molar-refractivity contribution in [2.24, 2.45) is 0 Å². The van der Waals surface area contributed by atoms with E-state index in [0.29, 0.717) is 12.8 Å². The van der Waals surface area contributed by atoms with Crippen molar-refractivity contribution in [1.82, 2.24) is 5.32 Å². The molecule has 1 fully saturated rings. The second kappa shape index (κ2) is 5.32. The molecule has 3 nitrogen and oxygen atoms in total. The summed E-state index contributed by atoms with van der Waals surface area (Å²) in [4.78, 5) is 11.8. The first-order valence-electron chi connectivity index (χ1n) is 6.24. The molecular weight excluding hydrogens is 214 g/mol. The lowest BCUT2D eigenvalue weighted by atomic mass is 9.71. The van der Waals surface area contributed by atoms with Gasteiger partial charge in [-0.05, 0) is 31.2 Å². The molecule has 92 valence electrons. The summed E-state index contributed by atoms with van der Waals surface area (Å²) in [5.74, 6) is 0.0441. The lowest BCUT2D eigenvalue weighted by Crippen LogP contribution is -2.50. The zero-order chi connectivity index (χ0) is 12.1. The smallest absolute Gasteiger partial charge is 0.220 e. The molecule has 1 amide bonds. The Morgan fingerprint density at radius 3 is 2.53 bits per heavy atom. The topological polar surface area (TPSA) is 49.3 Å². The van der Waals surface area contributed by atoms with Crippen LogP contribution in [0.2, 0.25) is 0 Å². The van der Waals surface area contributed by atoms with Gasteiger partial charge in [-0.2, -0.15) is 0 Å². The first-order chi connectivity index (χ1) is 8.27. The molecule has 1 aromatic carbocycles. The largest absolute Gasteiger partial charge is 0.396 e. The van der Waals surface area contributed by atoms with Crippen LogP contribution in [0, 0.1) is 0 Å². The molecule has 1 saturated carbocycles. The number of hydrogen-bond acceptors (Lipinski definition) is 2. The Morgan fingerprint density at radius 2 is 2.00 bits per heavy atom. The highest BCUT2D eigenvalue weighted by Crippen LogP contribution is 2.41. The minimum absolute atomic E-state index is 0.0441. The third kappa shape index (κ3) is 2.67. The van der Waals surface area contributed by atoms with Crippen molar-refractivity contribution in [2.75, 3.05) is 6.61 Å². The minimum atomic E-state index is -0.145. The van der Waals surface area contributed by atoms with Crippen molar-refractivity contribution in [1.29, 1.82) is 0 Å².